The Hall–Kier alpha value is -3.36. The number of thioether (sulfide) groups is 1. The molecule has 2 aromatic carbocycles. The highest BCUT2D eigenvalue weighted by Crippen LogP contribution is 2.27. The second kappa shape index (κ2) is 10.5. The number of nitrogens with zero attached hydrogens (tertiary/aromatic N) is 4. The second-order valence-electron chi connectivity index (χ2n) is 8.68. The normalized spacial score (nSPS) is 15.4. The van der Waals surface area contributed by atoms with Crippen molar-refractivity contribution in [3.05, 3.63) is 78.1 Å². The summed E-state index contributed by atoms with van der Waals surface area (Å²) in [6.45, 7) is 5.68. The van der Waals surface area contributed by atoms with Crippen LogP contribution in [-0.4, -0.2) is 43.7 Å². The van der Waals surface area contributed by atoms with Crippen molar-refractivity contribution in [3.8, 4) is 16.9 Å². The molecule has 1 aliphatic heterocycles. The number of carbonyl (C=O) groups excluding carboxylic acids is 1. The van der Waals surface area contributed by atoms with Gasteiger partial charge in [0.25, 0.3) is 0 Å². The first-order valence-electron chi connectivity index (χ1n) is 11.9. The quantitative estimate of drug-likeness (QED) is 0.343. The predicted molar refractivity (Wildman–Crippen MR) is 139 cm³/mol. The van der Waals surface area contributed by atoms with E-state index in [-0.39, 0.29) is 17.8 Å². The highest BCUT2D eigenvalue weighted by atomic mass is 32.2. The molecule has 8 heteroatoms. The van der Waals surface area contributed by atoms with Crippen LogP contribution in [0.1, 0.15) is 24.2 Å². The minimum Gasteiger partial charge on any atom is -0.376 e. The number of amides is 1. The number of rotatable bonds is 8. The molecule has 0 spiro atoms. The summed E-state index contributed by atoms with van der Waals surface area (Å²) in [4.78, 5) is 17.7. The zero-order chi connectivity index (χ0) is 24.2. The molecule has 0 radical (unpaired) electrons. The van der Waals surface area contributed by atoms with Gasteiger partial charge in [-0.2, -0.15) is 5.10 Å². The van der Waals surface area contributed by atoms with Crippen LogP contribution in [0.15, 0.2) is 71.9 Å². The number of ether oxygens (including phenoxy) is 1. The average molecular weight is 488 g/mol. The van der Waals surface area contributed by atoms with E-state index >= 15 is 0 Å². The first-order chi connectivity index (χ1) is 17.1. The zero-order valence-corrected chi connectivity index (χ0v) is 20.8. The van der Waals surface area contributed by atoms with Gasteiger partial charge < -0.3 is 14.6 Å². The van der Waals surface area contributed by atoms with Gasteiger partial charge in [0, 0.05) is 23.9 Å². The Kier molecular flexibility index (Phi) is 7.01. The van der Waals surface area contributed by atoms with E-state index < -0.39 is 0 Å². The Bertz CT molecular complexity index is 1290. The third-order valence-corrected chi connectivity index (χ3v) is 7.19. The fraction of sp³-hybridized carbons (Fsp3) is 0.296. The maximum atomic E-state index is 13.0. The van der Waals surface area contributed by atoms with Crippen LogP contribution >= 0.6 is 11.8 Å². The molecule has 3 heterocycles. The van der Waals surface area contributed by atoms with E-state index in [9.17, 15) is 4.79 Å². The minimum absolute atomic E-state index is 0.103. The standard InChI is InChI=1S/C27H29N5O2S/c1-19-20(2)31(17-23-14-9-15-34-23)27(28-19)35-18-26(33)29-25-16-24(21-10-5-3-6-11-21)30-32(25)22-12-7-4-8-13-22/h3-8,10-13,16,23H,9,14-15,17-18H2,1-2H3,(H,29,33)/t23-/m1/s1. The van der Waals surface area contributed by atoms with E-state index in [4.69, 9.17) is 14.8 Å². The molecular formula is C27H29N5O2S. The first kappa shape index (κ1) is 23.4. The third-order valence-electron chi connectivity index (χ3n) is 6.21. The van der Waals surface area contributed by atoms with Crippen molar-refractivity contribution in [2.75, 3.05) is 17.7 Å². The smallest absolute Gasteiger partial charge is 0.236 e. The van der Waals surface area contributed by atoms with Gasteiger partial charge in [-0.05, 0) is 38.8 Å². The Balaban J connectivity index is 1.33. The number of hydrogen-bond donors (Lipinski definition) is 1. The summed E-state index contributed by atoms with van der Waals surface area (Å²) in [6.07, 6.45) is 2.38. The van der Waals surface area contributed by atoms with Gasteiger partial charge in [0.2, 0.25) is 5.91 Å². The van der Waals surface area contributed by atoms with Gasteiger partial charge in [-0.1, -0.05) is 60.3 Å². The van der Waals surface area contributed by atoms with Gasteiger partial charge in [-0.15, -0.1) is 0 Å². The number of benzene rings is 2. The maximum absolute atomic E-state index is 13.0. The summed E-state index contributed by atoms with van der Waals surface area (Å²) in [5.74, 6) is 0.784. The molecule has 1 aliphatic rings. The minimum atomic E-state index is -0.103. The molecule has 1 amide bonds. The predicted octanol–water partition coefficient (Wildman–Crippen LogP) is 5.26. The van der Waals surface area contributed by atoms with Gasteiger partial charge in [0.15, 0.2) is 5.16 Å². The van der Waals surface area contributed by atoms with Crippen LogP contribution in [0, 0.1) is 13.8 Å². The zero-order valence-electron chi connectivity index (χ0n) is 20.0. The maximum Gasteiger partial charge on any atom is 0.236 e. The number of hydrogen-bond acceptors (Lipinski definition) is 5. The SMILES string of the molecule is Cc1nc(SCC(=O)Nc2cc(-c3ccccc3)nn2-c2ccccc2)n(C[C@H]2CCCO2)c1C. The fourth-order valence-electron chi connectivity index (χ4n) is 4.24. The molecule has 1 fully saturated rings. The van der Waals surface area contributed by atoms with E-state index in [1.807, 2.05) is 73.7 Å². The molecule has 35 heavy (non-hydrogen) atoms. The van der Waals surface area contributed by atoms with E-state index in [0.717, 1.165) is 59.5 Å². The molecule has 1 N–H and O–H groups in total. The number of imidazole rings is 1. The van der Waals surface area contributed by atoms with Crippen molar-refractivity contribution in [1.29, 1.82) is 0 Å². The summed E-state index contributed by atoms with van der Waals surface area (Å²) in [7, 11) is 0. The van der Waals surface area contributed by atoms with Crippen molar-refractivity contribution in [3.63, 3.8) is 0 Å². The largest absolute Gasteiger partial charge is 0.376 e. The van der Waals surface area contributed by atoms with Crippen LogP contribution in [0.25, 0.3) is 16.9 Å². The molecule has 0 saturated carbocycles. The Morgan fingerprint density at radius 3 is 2.57 bits per heavy atom. The van der Waals surface area contributed by atoms with Crippen molar-refractivity contribution in [2.45, 2.75) is 44.5 Å². The van der Waals surface area contributed by atoms with Gasteiger partial charge in [0.1, 0.15) is 5.82 Å². The lowest BCUT2D eigenvalue weighted by molar-refractivity contribution is -0.113. The van der Waals surface area contributed by atoms with E-state index in [0.29, 0.717) is 5.82 Å². The third kappa shape index (κ3) is 5.33. The highest BCUT2D eigenvalue weighted by molar-refractivity contribution is 7.99. The lowest BCUT2D eigenvalue weighted by Gasteiger charge is -2.14. The van der Waals surface area contributed by atoms with Crippen molar-refractivity contribution in [2.24, 2.45) is 0 Å². The molecule has 7 nitrogen and oxygen atoms in total. The molecule has 1 atom stereocenters. The number of aromatic nitrogens is 4. The van der Waals surface area contributed by atoms with Crippen LogP contribution < -0.4 is 5.32 Å². The number of aryl methyl sites for hydroxylation is 1. The highest BCUT2D eigenvalue weighted by Gasteiger charge is 2.21. The summed E-state index contributed by atoms with van der Waals surface area (Å²) in [6, 6.07) is 21.7. The van der Waals surface area contributed by atoms with Gasteiger partial charge >= 0.3 is 0 Å². The van der Waals surface area contributed by atoms with Crippen LogP contribution in [-0.2, 0) is 16.1 Å². The van der Waals surface area contributed by atoms with Crippen molar-refractivity contribution >= 4 is 23.5 Å². The topological polar surface area (TPSA) is 74.0 Å². The molecule has 2 aromatic heterocycles. The summed E-state index contributed by atoms with van der Waals surface area (Å²) in [5, 5.41) is 8.69. The van der Waals surface area contributed by atoms with Crippen molar-refractivity contribution in [1.82, 2.24) is 19.3 Å². The summed E-state index contributed by atoms with van der Waals surface area (Å²) in [5.41, 5.74) is 4.79. The van der Waals surface area contributed by atoms with E-state index in [2.05, 4.69) is 16.8 Å². The van der Waals surface area contributed by atoms with Gasteiger partial charge in [-0.25, -0.2) is 9.67 Å². The average Bonchev–Trinajstić information content (AvgIpc) is 3.61. The molecule has 0 aliphatic carbocycles. The monoisotopic (exact) mass is 487 g/mol. The number of nitrogens with one attached hydrogen (secondary N) is 1. The van der Waals surface area contributed by atoms with E-state index in [1.165, 1.54) is 11.8 Å². The van der Waals surface area contributed by atoms with Gasteiger partial charge in [-0.3, -0.25) is 4.79 Å². The van der Waals surface area contributed by atoms with Crippen LogP contribution in [0.2, 0.25) is 0 Å². The number of anilines is 1. The molecule has 5 rings (SSSR count). The lowest BCUT2D eigenvalue weighted by Crippen LogP contribution is -2.19. The Morgan fingerprint density at radius 1 is 1.11 bits per heavy atom. The molecule has 180 valence electrons. The van der Waals surface area contributed by atoms with Crippen LogP contribution in [0.3, 0.4) is 0 Å². The first-order valence-corrected chi connectivity index (χ1v) is 12.9. The fourth-order valence-corrected chi connectivity index (χ4v) is 5.14. The van der Waals surface area contributed by atoms with Gasteiger partial charge in [0.05, 0.1) is 35.5 Å². The van der Waals surface area contributed by atoms with E-state index in [1.54, 1.807) is 4.68 Å². The molecule has 1 saturated heterocycles. The second-order valence-corrected chi connectivity index (χ2v) is 9.62. The van der Waals surface area contributed by atoms with Crippen molar-refractivity contribution < 1.29 is 9.53 Å². The van der Waals surface area contributed by atoms with Crippen LogP contribution in [0.5, 0.6) is 0 Å². The Labute approximate surface area is 209 Å². The summed E-state index contributed by atoms with van der Waals surface area (Å²) >= 11 is 1.45. The molecule has 0 unspecified atom stereocenters. The van der Waals surface area contributed by atoms with Crippen LogP contribution in [0.4, 0.5) is 5.82 Å². The summed E-state index contributed by atoms with van der Waals surface area (Å²) < 4.78 is 9.79. The Morgan fingerprint density at radius 2 is 1.86 bits per heavy atom. The molecule has 0 bridgehead atoms. The molecule has 4 aromatic rings. The number of para-hydroxylation sites is 1. The molecular weight excluding hydrogens is 458 g/mol. The lowest BCUT2D eigenvalue weighted by atomic mass is 10.2. The number of carbonyl (C=O) groups is 1.